The quantitative estimate of drug-likeness (QED) is 0.364. The van der Waals surface area contributed by atoms with Crippen LogP contribution in [-0.4, -0.2) is 22.6 Å². The molecule has 0 unspecified atom stereocenters. The molecular formula is C21H43NSi2Zr+2. The van der Waals surface area contributed by atoms with E-state index in [0.717, 1.165) is 0 Å². The van der Waals surface area contributed by atoms with Gasteiger partial charge in [-0.1, -0.05) is 110 Å². The first kappa shape index (κ1) is 30.2. The van der Waals surface area contributed by atoms with E-state index in [-0.39, 0.29) is 43.8 Å². The van der Waals surface area contributed by atoms with Gasteiger partial charge in [-0.2, -0.15) is 0 Å². The zero-order chi connectivity index (χ0) is 18.5. The molecule has 0 spiro atoms. The van der Waals surface area contributed by atoms with Gasteiger partial charge in [-0.15, -0.1) is 0 Å². The van der Waals surface area contributed by atoms with Gasteiger partial charge in [0.25, 0.3) is 0 Å². The fraction of sp³-hybridized carbons (Fsp3) is 0.762. The summed E-state index contributed by atoms with van der Waals surface area (Å²) in [7, 11) is 0.241. The van der Waals surface area contributed by atoms with Crippen molar-refractivity contribution < 1.29 is 26.2 Å². The monoisotopic (exact) mass is 455 g/mol. The van der Waals surface area contributed by atoms with Crippen LogP contribution < -0.4 is 0 Å². The minimum atomic E-state index is 0. The Labute approximate surface area is 182 Å². The number of rotatable bonds is 0. The first-order valence-electron chi connectivity index (χ1n) is 9.85. The van der Waals surface area contributed by atoms with Crippen molar-refractivity contribution >= 4 is 17.6 Å². The Balaban J connectivity index is -0.000000242. The van der Waals surface area contributed by atoms with E-state index in [0.29, 0.717) is 0 Å². The van der Waals surface area contributed by atoms with Crippen molar-refractivity contribution in [3.63, 3.8) is 0 Å². The van der Waals surface area contributed by atoms with E-state index in [2.05, 4.69) is 44.3 Å². The van der Waals surface area contributed by atoms with Crippen LogP contribution in [0.4, 0.5) is 0 Å². The van der Waals surface area contributed by atoms with Crippen LogP contribution >= 0.6 is 0 Å². The van der Waals surface area contributed by atoms with Crippen molar-refractivity contribution in [2.45, 2.75) is 103 Å². The van der Waals surface area contributed by atoms with Gasteiger partial charge in [0.15, 0.2) is 0 Å². The van der Waals surface area contributed by atoms with Gasteiger partial charge in [-0.25, -0.2) is 0 Å². The summed E-state index contributed by atoms with van der Waals surface area (Å²) in [6, 6.07) is 5.72. The van der Waals surface area contributed by atoms with E-state index in [1.54, 1.807) is 12.4 Å². The SMILES string of the molecule is C1CCCC1.C1CCCC1.C[Si](C)C.C[Si](C)C.[Zr+2].c1ccncc1. The van der Waals surface area contributed by atoms with Crippen molar-refractivity contribution in [1.29, 1.82) is 0 Å². The van der Waals surface area contributed by atoms with Crippen LogP contribution in [0, 0.1) is 0 Å². The number of hydrogen-bond acceptors (Lipinski definition) is 1. The summed E-state index contributed by atoms with van der Waals surface area (Å²) in [4.78, 5) is 3.78. The van der Waals surface area contributed by atoms with Crippen LogP contribution in [0.1, 0.15) is 64.2 Å². The van der Waals surface area contributed by atoms with Crippen LogP contribution in [-0.2, 0) is 26.2 Å². The largest absolute Gasteiger partial charge is 2.00 e. The first-order chi connectivity index (χ1) is 11.5. The molecule has 0 N–H and O–H groups in total. The predicted octanol–water partition coefficient (Wildman–Crippen LogP) is 7.72. The molecule has 0 aliphatic heterocycles. The molecule has 2 fully saturated rings. The Bertz CT molecular complexity index is 237. The molecule has 0 amide bonds. The molecular weight excluding hydrogens is 414 g/mol. The summed E-state index contributed by atoms with van der Waals surface area (Å²) in [6.07, 6.45) is 18.5. The molecule has 1 aromatic heterocycles. The van der Waals surface area contributed by atoms with Gasteiger partial charge in [0.2, 0.25) is 0 Å². The zero-order valence-electron chi connectivity index (χ0n) is 17.9. The van der Waals surface area contributed by atoms with E-state index in [1.165, 1.54) is 64.2 Å². The second-order valence-corrected chi connectivity index (χ2v) is 13.6. The molecule has 1 nitrogen and oxygen atoms in total. The summed E-state index contributed by atoms with van der Waals surface area (Å²) in [5.74, 6) is 0. The molecule has 2 aliphatic rings. The van der Waals surface area contributed by atoms with Crippen molar-refractivity contribution in [3.05, 3.63) is 30.6 Å². The summed E-state index contributed by atoms with van der Waals surface area (Å²) >= 11 is 0. The maximum Gasteiger partial charge on any atom is 2.00 e. The number of aromatic nitrogens is 1. The van der Waals surface area contributed by atoms with E-state index in [1.807, 2.05) is 18.2 Å². The third-order valence-electron chi connectivity index (χ3n) is 3.07. The second kappa shape index (κ2) is 26.7. The van der Waals surface area contributed by atoms with Crippen LogP contribution in [0.25, 0.3) is 0 Å². The van der Waals surface area contributed by atoms with Crippen LogP contribution in [0.5, 0.6) is 0 Å². The average Bonchev–Trinajstić information content (AvgIpc) is 3.27. The average molecular weight is 457 g/mol. The standard InChI is InChI=1S/C5H5N.2C5H10.2C3H9Si.Zr/c1-2-4-6-5-3-1;2*1-2-4-5-3-1;2*1-4(2)3;/h1-5H;2*1-5H2;2*1-3H3;/q;;;;;+2. The third kappa shape index (κ3) is 45.5. The van der Waals surface area contributed by atoms with Gasteiger partial charge in [-0.3, -0.25) is 4.98 Å². The Morgan fingerprint density at radius 3 is 0.760 bits per heavy atom. The number of nitrogens with zero attached hydrogens (tertiary/aromatic N) is 1. The molecule has 25 heavy (non-hydrogen) atoms. The van der Waals surface area contributed by atoms with Crippen LogP contribution in [0.3, 0.4) is 0 Å². The van der Waals surface area contributed by atoms with Crippen molar-refractivity contribution in [2.75, 3.05) is 0 Å². The molecule has 2 saturated carbocycles. The smallest absolute Gasteiger partial charge is 0.265 e. The summed E-state index contributed by atoms with van der Waals surface area (Å²) < 4.78 is 0. The van der Waals surface area contributed by atoms with Gasteiger partial charge in [0, 0.05) is 30.0 Å². The minimum absolute atomic E-state index is 0. The Morgan fingerprint density at radius 1 is 0.480 bits per heavy atom. The second-order valence-electron chi connectivity index (χ2n) is 7.56. The van der Waals surface area contributed by atoms with E-state index in [4.69, 9.17) is 0 Å². The molecule has 1 heterocycles. The number of hydrogen-bond donors (Lipinski definition) is 0. The Kier molecular flexibility index (Phi) is 32.2. The topological polar surface area (TPSA) is 12.9 Å². The Hall–Kier alpha value is 0.467. The minimum Gasteiger partial charge on any atom is -0.265 e. The van der Waals surface area contributed by atoms with Gasteiger partial charge >= 0.3 is 26.2 Å². The van der Waals surface area contributed by atoms with Gasteiger partial charge in [-0.05, 0) is 12.1 Å². The van der Waals surface area contributed by atoms with E-state index >= 15 is 0 Å². The fourth-order valence-electron chi connectivity index (χ4n) is 2.08. The summed E-state index contributed by atoms with van der Waals surface area (Å²) in [5, 5.41) is 0. The summed E-state index contributed by atoms with van der Waals surface area (Å²) in [5.41, 5.74) is 0. The molecule has 1 aromatic rings. The fourth-order valence-corrected chi connectivity index (χ4v) is 2.08. The van der Waals surface area contributed by atoms with Gasteiger partial charge in [0.05, 0.1) is 0 Å². The maximum absolute atomic E-state index is 3.78. The van der Waals surface area contributed by atoms with Gasteiger partial charge in [0.1, 0.15) is 0 Å². The normalized spacial score (nSPS) is 14.4. The summed E-state index contributed by atoms with van der Waals surface area (Å²) in [6.45, 7) is 13.6. The Morgan fingerprint density at radius 2 is 0.680 bits per heavy atom. The molecule has 0 saturated heterocycles. The predicted molar refractivity (Wildman–Crippen MR) is 117 cm³/mol. The molecule has 142 valence electrons. The molecule has 3 rings (SSSR count). The van der Waals surface area contributed by atoms with Crippen molar-refractivity contribution in [2.24, 2.45) is 0 Å². The molecule has 0 atom stereocenters. The molecule has 0 aromatic carbocycles. The van der Waals surface area contributed by atoms with Crippen LogP contribution in [0.2, 0.25) is 39.3 Å². The molecule has 0 bridgehead atoms. The van der Waals surface area contributed by atoms with Crippen LogP contribution in [0.15, 0.2) is 30.6 Å². The van der Waals surface area contributed by atoms with Gasteiger partial charge < -0.3 is 0 Å². The van der Waals surface area contributed by atoms with E-state index < -0.39 is 0 Å². The number of pyridine rings is 1. The van der Waals surface area contributed by atoms with Crippen molar-refractivity contribution in [1.82, 2.24) is 4.98 Å². The molecule has 2 radical (unpaired) electrons. The molecule has 2 aliphatic carbocycles. The first-order valence-corrected chi connectivity index (χ1v) is 15.8. The maximum atomic E-state index is 3.78. The van der Waals surface area contributed by atoms with E-state index in [9.17, 15) is 0 Å². The zero-order valence-corrected chi connectivity index (χ0v) is 22.4. The molecule has 4 heteroatoms. The third-order valence-corrected chi connectivity index (χ3v) is 3.07. The van der Waals surface area contributed by atoms with Crippen molar-refractivity contribution in [3.8, 4) is 0 Å².